The number of phenols is 1. The van der Waals surface area contributed by atoms with Crippen LogP contribution in [0.4, 0.5) is 5.82 Å². The van der Waals surface area contributed by atoms with Crippen LogP contribution in [0.25, 0.3) is 22.4 Å². The summed E-state index contributed by atoms with van der Waals surface area (Å²) in [4.78, 5) is 4.27. The summed E-state index contributed by atoms with van der Waals surface area (Å²) in [6.45, 7) is 0. The molecule has 0 spiro atoms. The Balaban J connectivity index is 2.30. The smallest absolute Gasteiger partial charge is 0.142 e. The fraction of sp³-hybridized carbons (Fsp3) is 0.0526. The molecule has 3 aromatic rings. The first kappa shape index (κ1) is 15.4. The lowest BCUT2D eigenvalue weighted by molar-refractivity contribution is 0.416. The lowest BCUT2D eigenvalue weighted by atomic mass is 9.97. The topological polar surface area (TPSA) is 92.2 Å². The number of aromatic hydroxyl groups is 1. The van der Waals surface area contributed by atoms with E-state index in [1.807, 2.05) is 24.3 Å². The number of nitrogens with zero attached hydrogens (tertiary/aromatic N) is 2. The standard InChI is InChI=1S/C19H15N3O2/c1-24-18-9-5-3-6-12(18)14-10-16(22-19(21)15(14)11-20)13-7-2-4-8-17(13)23/h2-10,23H,1H3,(H2,21,22). The molecule has 0 saturated carbocycles. The summed E-state index contributed by atoms with van der Waals surface area (Å²) in [5, 5.41) is 19.6. The molecule has 2 aromatic carbocycles. The molecular formula is C19H15N3O2. The van der Waals surface area contributed by atoms with Crippen molar-refractivity contribution < 1.29 is 9.84 Å². The lowest BCUT2D eigenvalue weighted by Crippen LogP contribution is -2.00. The van der Waals surface area contributed by atoms with Gasteiger partial charge in [0.25, 0.3) is 0 Å². The van der Waals surface area contributed by atoms with E-state index in [2.05, 4.69) is 11.1 Å². The van der Waals surface area contributed by atoms with Crippen molar-refractivity contribution in [3.8, 4) is 40.0 Å². The van der Waals surface area contributed by atoms with Gasteiger partial charge in [0.15, 0.2) is 0 Å². The van der Waals surface area contributed by atoms with Gasteiger partial charge in [-0.15, -0.1) is 0 Å². The van der Waals surface area contributed by atoms with E-state index in [0.29, 0.717) is 22.6 Å². The Hall–Kier alpha value is -3.52. The summed E-state index contributed by atoms with van der Waals surface area (Å²) in [6.07, 6.45) is 0. The number of anilines is 1. The van der Waals surface area contributed by atoms with Crippen LogP contribution in [0.3, 0.4) is 0 Å². The minimum Gasteiger partial charge on any atom is -0.507 e. The van der Waals surface area contributed by atoms with Gasteiger partial charge in [-0.25, -0.2) is 4.98 Å². The molecule has 1 heterocycles. The van der Waals surface area contributed by atoms with E-state index in [4.69, 9.17) is 10.5 Å². The minimum absolute atomic E-state index is 0.0973. The molecule has 0 radical (unpaired) electrons. The Morgan fingerprint density at radius 1 is 1.04 bits per heavy atom. The van der Waals surface area contributed by atoms with E-state index in [1.165, 1.54) is 0 Å². The van der Waals surface area contributed by atoms with Gasteiger partial charge in [0.2, 0.25) is 0 Å². The number of pyridine rings is 1. The predicted octanol–water partition coefficient (Wildman–Crippen LogP) is 3.58. The third kappa shape index (κ3) is 2.61. The number of nitriles is 1. The summed E-state index contributed by atoms with van der Waals surface area (Å²) in [5.74, 6) is 0.835. The normalized spacial score (nSPS) is 10.2. The number of aromatic nitrogens is 1. The van der Waals surface area contributed by atoms with Crippen LogP contribution in [0.1, 0.15) is 5.56 Å². The number of rotatable bonds is 3. The van der Waals surface area contributed by atoms with Gasteiger partial charge in [-0.2, -0.15) is 5.26 Å². The number of methoxy groups -OCH3 is 1. The fourth-order valence-electron chi connectivity index (χ4n) is 2.59. The van der Waals surface area contributed by atoms with Crippen molar-refractivity contribution in [3.63, 3.8) is 0 Å². The van der Waals surface area contributed by atoms with E-state index in [1.54, 1.807) is 37.4 Å². The summed E-state index contributed by atoms with van der Waals surface area (Å²) in [7, 11) is 1.57. The highest BCUT2D eigenvalue weighted by molar-refractivity contribution is 5.83. The van der Waals surface area contributed by atoms with Crippen molar-refractivity contribution in [2.75, 3.05) is 12.8 Å². The molecule has 0 aliphatic rings. The maximum atomic E-state index is 10.1. The van der Waals surface area contributed by atoms with Crippen molar-refractivity contribution in [1.82, 2.24) is 4.98 Å². The number of para-hydroxylation sites is 2. The largest absolute Gasteiger partial charge is 0.507 e. The highest BCUT2D eigenvalue weighted by atomic mass is 16.5. The Labute approximate surface area is 139 Å². The Kier molecular flexibility index (Phi) is 4.04. The number of phenolic OH excluding ortho intramolecular Hbond substituents is 1. The molecule has 24 heavy (non-hydrogen) atoms. The van der Waals surface area contributed by atoms with E-state index in [0.717, 1.165) is 5.56 Å². The molecule has 5 heteroatoms. The first-order valence-corrected chi connectivity index (χ1v) is 7.28. The molecule has 0 aliphatic carbocycles. The minimum atomic E-state index is 0.0973. The molecular weight excluding hydrogens is 302 g/mol. The Morgan fingerprint density at radius 3 is 2.38 bits per heavy atom. The van der Waals surface area contributed by atoms with Gasteiger partial charge in [-0.3, -0.25) is 0 Å². The SMILES string of the molecule is COc1ccccc1-c1cc(-c2ccccc2O)nc(N)c1C#N. The Bertz CT molecular complexity index is 946. The van der Waals surface area contributed by atoms with Gasteiger partial charge in [0, 0.05) is 16.7 Å². The monoisotopic (exact) mass is 317 g/mol. The van der Waals surface area contributed by atoms with Gasteiger partial charge >= 0.3 is 0 Å². The van der Waals surface area contributed by atoms with Crippen molar-refractivity contribution >= 4 is 5.82 Å². The lowest BCUT2D eigenvalue weighted by Gasteiger charge is -2.13. The quantitative estimate of drug-likeness (QED) is 0.770. The highest BCUT2D eigenvalue weighted by Gasteiger charge is 2.17. The molecule has 0 atom stereocenters. The fourth-order valence-corrected chi connectivity index (χ4v) is 2.59. The van der Waals surface area contributed by atoms with Crippen LogP contribution < -0.4 is 10.5 Å². The third-order valence-corrected chi connectivity index (χ3v) is 3.74. The van der Waals surface area contributed by atoms with Crippen LogP contribution in [-0.4, -0.2) is 17.2 Å². The maximum absolute atomic E-state index is 10.1. The van der Waals surface area contributed by atoms with E-state index < -0.39 is 0 Å². The first-order chi connectivity index (χ1) is 11.7. The van der Waals surface area contributed by atoms with Gasteiger partial charge in [-0.1, -0.05) is 30.3 Å². The average Bonchev–Trinajstić information content (AvgIpc) is 2.61. The van der Waals surface area contributed by atoms with Gasteiger partial charge in [0.05, 0.1) is 12.8 Å². The van der Waals surface area contributed by atoms with Crippen LogP contribution in [0, 0.1) is 11.3 Å². The van der Waals surface area contributed by atoms with Gasteiger partial charge in [-0.05, 0) is 24.3 Å². The number of benzene rings is 2. The molecule has 3 N–H and O–H groups in total. The summed E-state index contributed by atoms with van der Waals surface area (Å²) in [5.41, 5.74) is 8.66. The second-order valence-electron chi connectivity index (χ2n) is 5.14. The van der Waals surface area contributed by atoms with E-state index >= 15 is 0 Å². The third-order valence-electron chi connectivity index (χ3n) is 3.74. The van der Waals surface area contributed by atoms with E-state index in [-0.39, 0.29) is 17.1 Å². The number of hydrogen-bond acceptors (Lipinski definition) is 5. The molecule has 118 valence electrons. The van der Waals surface area contributed by atoms with Crippen molar-refractivity contribution in [3.05, 3.63) is 60.2 Å². The van der Waals surface area contributed by atoms with Crippen molar-refractivity contribution in [2.24, 2.45) is 0 Å². The molecule has 1 aromatic heterocycles. The zero-order chi connectivity index (χ0) is 17.1. The molecule has 0 aliphatic heterocycles. The maximum Gasteiger partial charge on any atom is 0.142 e. The molecule has 3 rings (SSSR count). The van der Waals surface area contributed by atoms with Crippen LogP contribution in [0.15, 0.2) is 54.6 Å². The van der Waals surface area contributed by atoms with Crippen molar-refractivity contribution in [1.29, 1.82) is 5.26 Å². The predicted molar refractivity (Wildman–Crippen MR) is 92.5 cm³/mol. The zero-order valence-corrected chi connectivity index (χ0v) is 13.0. The number of nitrogen functional groups attached to an aromatic ring is 1. The highest BCUT2D eigenvalue weighted by Crippen LogP contribution is 2.37. The molecule has 0 bridgehead atoms. The van der Waals surface area contributed by atoms with Crippen LogP contribution in [-0.2, 0) is 0 Å². The molecule has 0 saturated heterocycles. The summed E-state index contributed by atoms with van der Waals surface area (Å²) >= 11 is 0. The number of hydrogen-bond donors (Lipinski definition) is 2. The zero-order valence-electron chi connectivity index (χ0n) is 13.0. The van der Waals surface area contributed by atoms with Gasteiger partial charge in [0.1, 0.15) is 28.9 Å². The summed E-state index contributed by atoms with van der Waals surface area (Å²) in [6, 6.07) is 18.1. The second kappa shape index (κ2) is 6.31. The van der Waals surface area contributed by atoms with Gasteiger partial charge < -0.3 is 15.6 Å². The second-order valence-corrected chi connectivity index (χ2v) is 5.14. The van der Waals surface area contributed by atoms with Crippen molar-refractivity contribution in [2.45, 2.75) is 0 Å². The van der Waals surface area contributed by atoms with Crippen LogP contribution in [0.2, 0.25) is 0 Å². The Morgan fingerprint density at radius 2 is 1.71 bits per heavy atom. The van der Waals surface area contributed by atoms with E-state index in [9.17, 15) is 10.4 Å². The molecule has 5 nitrogen and oxygen atoms in total. The molecule has 0 fully saturated rings. The summed E-state index contributed by atoms with van der Waals surface area (Å²) < 4.78 is 5.39. The van der Waals surface area contributed by atoms with Crippen LogP contribution in [0.5, 0.6) is 11.5 Å². The van der Waals surface area contributed by atoms with Crippen LogP contribution >= 0.6 is 0 Å². The first-order valence-electron chi connectivity index (χ1n) is 7.28. The molecule has 0 amide bonds. The molecule has 0 unspecified atom stereocenters. The average molecular weight is 317 g/mol. The number of ether oxygens (including phenoxy) is 1. The number of nitrogens with two attached hydrogens (primary N) is 1.